The highest BCUT2D eigenvalue weighted by molar-refractivity contribution is 6.29. The standard InChI is InChI=1S/C14H18ClNO2/c1-2-3-7-13(17)9-11-5-4-6-12(8-11)16-14(18)10-15/h4-6,8H,2-3,7,9-10H2,1H3,(H,16,18). The van der Waals surface area contributed by atoms with Gasteiger partial charge in [-0.1, -0.05) is 25.5 Å². The number of hydrogen-bond acceptors (Lipinski definition) is 2. The van der Waals surface area contributed by atoms with Gasteiger partial charge in [0.1, 0.15) is 11.7 Å². The van der Waals surface area contributed by atoms with Crippen molar-refractivity contribution in [3.63, 3.8) is 0 Å². The number of halogens is 1. The van der Waals surface area contributed by atoms with Crippen LogP contribution in [0.15, 0.2) is 24.3 Å². The first-order chi connectivity index (χ1) is 8.65. The molecule has 0 bridgehead atoms. The van der Waals surface area contributed by atoms with Crippen molar-refractivity contribution in [2.24, 2.45) is 0 Å². The fraction of sp³-hybridized carbons (Fsp3) is 0.429. The third-order valence-corrected chi connectivity index (χ3v) is 2.79. The van der Waals surface area contributed by atoms with E-state index < -0.39 is 0 Å². The van der Waals surface area contributed by atoms with Crippen molar-refractivity contribution in [2.75, 3.05) is 11.2 Å². The molecular formula is C14H18ClNO2. The Hall–Kier alpha value is -1.35. The van der Waals surface area contributed by atoms with Crippen LogP contribution < -0.4 is 5.32 Å². The van der Waals surface area contributed by atoms with Gasteiger partial charge in [-0.25, -0.2) is 0 Å². The van der Waals surface area contributed by atoms with Crippen molar-refractivity contribution in [1.29, 1.82) is 0 Å². The second-order valence-electron chi connectivity index (χ2n) is 4.20. The summed E-state index contributed by atoms with van der Waals surface area (Å²) >= 11 is 5.42. The quantitative estimate of drug-likeness (QED) is 0.772. The molecule has 0 unspecified atom stereocenters. The molecule has 3 nitrogen and oxygen atoms in total. The van der Waals surface area contributed by atoms with E-state index in [4.69, 9.17) is 11.6 Å². The molecule has 0 saturated heterocycles. The van der Waals surface area contributed by atoms with Gasteiger partial charge in [-0.3, -0.25) is 9.59 Å². The highest BCUT2D eigenvalue weighted by atomic mass is 35.5. The lowest BCUT2D eigenvalue weighted by atomic mass is 10.0. The average molecular weight is 268 g/mol. The van der Waals surface area contributed by atoms with E-state index in [-0.39, 0.29) is 17.6 Å². The molecule has 0 aromatic heterocycles. The number of alkyl halides is 1. The van der Waals surface area contributed by atoms with Crippen molar-refractivity contribution in [1.82, 2.24) is 0 Å². The van der Waals surface area contributed by atoms with E-state index in [2.05, 4.69) is 12.2 Å². The molecule has 0 aliphatic rings. The molecule has 1 N–H and O–H groups in total. The van der Waals surface area contributed by atoms with Crippen LogP contribution >= 0.6 is 11.6 Å². The zero-order valence-electron chi connectivity index (χ0n) is 10.5. The maximum Gasteiger partial charge on any atom is 0.239 e. The Balaban J connectivity index is 2.59. The van der Waals surface area contributed by atoms with E-state index in [1.807, 2.05) is 18.2 Å². The smallest absolute Gasteiger partial charge is 0.239 e. The molecule has 1 aromatic carbocycles. The monoisotopic (exact) mass is 267 g/mol. The largest absolute Gasteiger partial charge is 0.325 e. The summed E-state index contributed by atoms with van der Waals surface area (Å²) in [4.78, 5) is 22.8. The molecule has 0 atom stereocenters. The van der Waals surface area contributed by atoms with E-state index in [9.17, 15) is 9.59 Å². The number of ketones is 1. The minimum atomic E-state index is -0.244. The Kier molecular flexibility index (Phi) is 6.44. The minimum Gasteiger partial charge on any atom is -0.325 e. The molecule has 1 aromatic rings. The summed E-state index contributed by atoms with van der Waals surface area (Å²) in [5, 5.41) is 2.67. The van der Waals surface area contributed by atoms with Crippen molar-refractivity contribution in [3.8, 4) is 0 Å². The normalized spacial score (nSPS) is 10.1. The average Bonchev–Trinajstić information content (AvgIpc) is 2.36. The summed E-state index contributed by atoms with van der Waals surface area (Å²) in [6.45, 7) is 2.07. The highest BCUT2D eigenvalue weighted by Crippen LogP contribution is 2.12. The van der Waals surface area contributed by atoms with E-state index in [0.717, 1.165) is 18.4 Å². The molecule has 1 rings (SSSR count). The van der Waals surface area contributed by atoms with E-state index in [0.29, 0.717) is 18.5 Å². The van der Waals surface area contributed by atoms with Gasteiger partial charge in [0.2, 0.25) is 5.91 Å². The van der Waals surface area contributed by atoms with Crippen LogP contribution in [0.25, 0.3) is 0 Å². The fourth-order valence-electron chi connectivity index (χ4n) is 1.64. The molecule has 0 saturated carbocycles. The van der Waals surface area contributed by atoms with Gasteiger partial charge in [0, 0.05) is 18.5 Å². The summed E-state index contributed by atoms with van der Waals surface area (Å²) in [5.41, 5.74) is 1.60. The minimum absolute atomic E-state index is 0.0698. The Morgan fingerprint density at radius 1 is 1.33 bits per heavy atom. The molecule has 0 heterocycles. The summed E-state index contributed by atoms with van der Waals surface area (Å²) in [6, 6.07) is 7.31. The van der Waals surface area contributed by atoms with Gasteiger partial charge in [0.25, 0.3) is 0 Å². The first-order valence-corrected chi connectivity index (χ1v) is 6.65. The Bertz CT molecular complexity index is 418. The molecule has 1 amide bonds. The third kappa shape index (κ3) is 5.32. The number of carbonyl (C=O) groups excluding carboxylic acids is 2. The molecule has 98 valence electrons. The van der Waals surface area contributed by atoms with E-state index >= 15 is 0 Å². The van der Waals surface area contributed by atoms with Crippen LogP contribution in [0.4, 0.5) is 5.69 Å². The number of nitrogens with one attached hydrogen (secondary N) is 1. The summed E-state index contributed by atoms with van der Waals surface area (Å²) < 4.78 is 0. The second-order valence-corrected chi connectivity index (χ2v) is 4.47. The van der Waals surface area contributed by atoms with Crippen LogP contribution in [0.5, 0.6) is 0 Å². The number of rotatable bonds is 7. The second kappa shape index (κ2) is 7.88. The first-order valence-electron chi connectivity index (χ1n) is 6.12. The molecule has 0 fully saturated rings. The molecule has 18 heavy (non-hydrogen) atoms. The number of carbonyl (C=O) groups is 2. The summed E-state index contributed by atoms with van der Waals surface area (Å²) in [7, 11) is 0. The van der Waals surface area contributed by atoms with Crippen molar-refractivity contribution >= 4 is 29.0 Å². The molecule has 0 aliphatic carbocycles. The van der Waals surface area contributed by atoms with Gasteiger partial charge < -0.3 is 5.32 Å². The van der Waals surface area contributed by atoms with Crippen molar-refractivity contribution in [2.45, 2.75) is 32.6 Å². The zero-order valence-corrected chi connectivity index (χ0v) is 11.3. The fourth-order valence-corrected chi connectivity index (χ4v) is 1.71. The van der Waals surface area contributed by atoms with Gasteiger partial charge in [-0.2, -0.15) is 0 Å². The van der Waals surface area contributed by atoms with E-state index in [1.54, 1.807) is 6.07 Å². The molecule has 0 radical (unpaired) electrons. The topological polar surface area (TPSA) is 46.2 Å². The van der Waals surface area contributed by atoms with Gasteiger partial charge in [-0.15, -0.1) is 11.6 Å². The van der Waals surface area contributed by atoms with Gasteiger partial charge in [0.05, 0.1) is 0 Å². The number of unbranched alkanes of at least 4 members (excludes halogenated alkanes) is 1. The molecular weight excluding hydrogens is 250 g/mol. The number of anilines is 1. The SMILES string of the molecule is CCCCC(=O)Cc1cccc(NC(=O)CCl)c1. The molecule has 0 aliphatic heterocycles. The summed E-state index contributed by atoms with van der Waals surface area (Å²) in [6.07, 6.45) is 3.00. The maximum atomic E-state index is 11.7. The van der Waals surface area contributed by atoms with Crippen LogP contribution in [0.1, 0.15) is 31.7 Å². The zero-order chi connectivity index (χ0) is 13.4. The maximum absolute atomic E-state index is 11.7. The molecule has 4 heteroatoms. The lowest BCUT2D eigenvalue weighted by Crippen LogP contribution is -2.12. The first kappa shape index (κ1) is 14.7. The number of hydrogen-bond donors (Lipinski definition) is 1. The Morgan fingerprint density at radius 2 is 2.11 bits per heavy atom. The van der Waals surface area contributed by atoms with Crippen LogP contribution in [-0.4, -0.2) is 17.6 Å². The highest BCUT2D eigenvalue weighted by Gasteiger charge is 2.05. The van der Waals surface area contributed by atoms with Crippen LogP contribution in [0.3, 0.4) is 0 Å². The van der Waals surface area contributed by atoms with Gasteiger partial charge >= 0.3 is 0 Å². The Morgan fingerprint density at radius 3 is 2.78 bits per heavy atom. The predicted octanol–water partition coefficient (Wildman–Crippen LogP) is 3.17. The number of amides is 1. The summed E-state index contributed by atoms with van der Waals surface area (Å²) in [5.74, 6) is -0.0802. The van der Waals surface area contributed by atoms with Gasteiger partial charge in [-0.05, 0) is 24.1 Å². The van der Waals surface area contributed by atoms with Crippen LogP contribution in [0, 0.1) is 0 Å². The van der Waals surface area contributed by atoms with Crippen molar-refractivity contribution < 1.29 is 9.59 Å². The van der Waals surface area contributed by atoms with Crippen LogP contribution in [-0.2, 0) is 16.0 Å². The van der Waals surface area contributed by atoms with E-state index in [1.165, 1.54) is 0 Å². The number of Topliss-reactive ketones (excluding diaryl/α,β-unsaturated/α-hetero) is 1. The lowest BCUT2D eigenvalue weighted by Gasteiger charge is -2.06. The van der Waals surface area contributed by atoms with Gasteiger partial charge in [0.15, 0.2) is 0 Å². The number of benzene rings is 1. The lowest BCUT2D eigenvalue weighted by molar-refractivity contribution is -0.118. The van der Waals surface area contributed by atoms with Crippen molar-refractivity contribution in [3.05, 3.63) is 29.8 Å². The predicted molar refractivity (Wildman–Crippen MR) is 74.0 cm³/mol. The Labute approximate surface area is 113 Å². The third-order valence-electron chi connectivity index (χ3n) is 2.54. The van der Waals surface area contributed by atoms with Crippen LogP contribution in [0.2, 0.25) is 0 Å². The molecule has 0 spiro atoms.